The second-order valence-electron chi connectivity index (χ2n) is 11.2. The molecule has 3 aromatic rings. The number of benzene rings is 2. The van der Waals surface area contributed by atoms with Gasteiger partial charge in [0.1, 0.15) is 35.0 Å². The van der Waals surface area contributed by atoms with E-state index in [9.17, 15) is 9.59 Å². The third-order valence-corrected chi connectivity index (χ3v) is 5.31. The first-order valence-corrected chi connectivity index (χ1v) is 13.0. The largest absolute Gasteiger partial charge is 0.534 e. The number of aryl methyl sites for hydroxylation is 1. The number of hydroxylamine groups is 2. The fourth-order valence-electron chi connectivity index (χ4n) is 3.41. The van der Waals surface area contributed by atoms with E-state index in [-0.39, 0.29) is 13.2 Å². The predicted molar refractivity (Wildman–Crippen MR) is 151 cm³/mol. The van der Waals surface area contributed by atoms with Gasteiger partial charge in [0.15, 0.2) is 0 Å². The molecule has 0 atom stereocenters. The summed E-state index contributed by atoms with van der Waals surface area (Å²) in [4.78, 5) is 34.7. The van der Waals surface area contributed by atoms with Crippen molar-refractivity contribution in [2.24, 2.45) is 0 Å². The number of aromatic nitrogens is 1. The molecule has 0 saturated heterocycles. The number of oxazole rings is 1. The number of carbonyl (C=O) groups is 2. The van der Waals surface area contributed by atoms with Gasteiger partial charge in [-0.15, -0.1) is 5.06 Å². The summed E-state index contributed by atoms with van der Waals surface area (Å²) in [5, 5.41) is 0.834. The summed E-state index contributed by atoms with van der Waals surface area (Å²) in [5.74, 6) is 1.88. The average Bonchev–Trinajstić information content (AvgIpc) is 3.24. The lowest BCUT2D eigenvalue weighted by atomic mass is 10.1. The van der Waals surface area contributed by atoms with E-state index in [0.29, 0.717) is 23.1 Å². The summed E-state index contributed by atoms with van der Waals surface area (Å²) in [6.45, 7) is 14.2. The van der Waals surface area contributed by atoms with Crippen molar-refractivity contribution < 1.29 is 33.1 Å². The Balaban J connectivity index is 1.69. The van der Waals surface area contributed by atoms with E-state index in [0.717, 1.165) is 21.8 Å². The Bertz CT molecular complexity index is 1330. The van der Waals surface area contributed by atoms with E-state index in [2.05, 4.69) is 4.98 Å². The van der Waals surface area contributed by atoms with Crippen LogP contribution in [0.2, 0.25) is 0 Å². The van der Waals surface area contributed by atoms with Crippen LogP contribution in [-0.2, 0) is 20.9 Å². The first-order valence-electron chi connectivity index (χ1n) is 13.0. The Kier molecular flexibility index (Phi) is 9.63. The molecule has 1 aromatic heterocycles. The monoisotopic (exact) mass is 550 g/mol. The summed E-state index contributed by atoms with van der Waals surface area (Å²) in [7, 11) is 0. The van der Waals surface area contributed by atoms with Crippen LogP contribution in [0.5, 0.6) is 5.75 Å². The molecule has 9 nitrogen and oxygen atoms in total. The van der Waals surface area contributed by atoms with E-state index in [1.807, 2.05) is 68.4 Å². The molecule has 3 rings (SSSR count). The maximum absolute atomic E-state index is 12.7. The summed E-state index contributed by atoms with van der Waals surface area (Å²) >= 11 is 0. The van der Waals surface area contributed by atoms with Gasteiger partial charge in [0.05, 0.1) is 6.54 Å². The van der Waals surface area contributed by atoms with Gasteiger partial charge >= 0.3 is 12.2 Å². The van der Waals surface area contributed by atoms with Crippen LogP contribution in [0, 0.1) is 6.92 Å². The van der Waals surface area contributed by atoms with Crippen molar-refractivity contribution in [2.45, 2.75) is 73.2 Å². The van der Waals surface area contributed by atoms with Gasteiger partial charge < -0.3 is 18.6 Å². The third kappa shape index (κ3) is 9.48. The molecule has 0 unspecified atom stereocenters. The molecule has 214 valence electrons. The summed E-state index contributed by atoms with van der Waals surface area (Å²) in [5.41, 5.74) is 1.74. The maximum Gasteiger partial charge on any atom is 0.534 e. The van der Waals surface area contributed by atoms with E-state index in [4.69, 9.17) is 23.5 Å². The topological polar surface area (TPSA) is 100 Å². The summed E-state index contributed by atoms with van der Waals surface area (Å²) < 4.78 is 22.4. The zero-order chi connectivity index (χ0) is 29.5. The molecule has 0 spiro atoms. The predicted octanol–water partition coefficient (Wildman–Crippen LogP) is 7.74. The van der Waals surface area contributed by atoms with Crippen LogP contribution in [0.4, 0.5) is 9.59 Å². The number of nitrogens with zero attached hydrogens (tertiary/aromatic N) is 2. The van der Waals surface area contributed by atoms with Crippen LogP contribution in [0.25, 0.3) is 17.0 Å². The molecule has 1 amide bonds. The maximum atomic E-state index is 12.7. The Hall–Kier alpha value is -4.27. The fourth-order valence-corrected chi connectivity index (χ4v) is 3.41. The lowest BCUT2D eigenvalue weighted by Gasteiger charge is -2.26. The summed E-state index contributed by atoms with van der Waals surface area (Å²) in [6, 6.07) is 17.2. The number of carbonyl (C=O) groups excluding carboxylic acids is 2. The van der Waals surface area contributed by atoms with Crippen molar-refractivity contribution in [1.29, 1.82) is 0 Å². The van der Waals surface area contributed by atoms with Gasteiger partial charge in [0, 0.05) is 5.56 Å². The number of rotatable bonds is 7. The zero-order valence-corrected chi connectivity index (χ0v) is 24.4. The van der Waals surface area contributed by atoms with Crippen LogP contribution < -0.4 is 4.74 Å². The molecule has 0 aliphatic rings. The van der Waals surface area contributed by atoms with Crippen LogP contribution in [0.3, 0.4) is 0 Å². The van der Waals surface area contributed by atoms with Crippen molar-refractivity contribution in [2.75, 3.05) is 6.54 Å². The molecule has 0 aliphatic heterocycles. The van der Waals surface area contributed by atoms with Gasteiger partial charge in [-0.2, -0.15) is 0 Å². The van der Waals surface area contributed by atoms with Gasteiger partial charge in [-0.1, -0.05) is 36.4 Å². The molecule has 0 aliphatic carbocycles. The Morgan fingerprint density at radius 3 is 2.27 bits per heavy atom. The normalized spacial score (nSPS) is 12.1. The Labute approximate surface area is 235 Å². The van der Waals surface area contributed by atoms with E-state index >= 15 is 0 Å². The van der Waals surface area contributed by atoms with Gasteiger partial charge in [0.2, 0.25) is 5.89 Å². The number of hydrogen-bond acceptors (Lipinski definition) is 8. The Morgan fingerprint density at radius 1 is 0.950 bits per heavy atom. The minimum absolute atomic E-state index is 0.0501. The molecule has 0 saturated carbocycles. The quantitative estimate of drug-likeness (QED) is 0.218. The van der Waals surface area contributed by atoms with Crippen molar-refractivity contribution >= 4 is 17.8 Å². The molecule has 0 fully saturated rings. The van der Waals surface area contributed by atoms with Gasteiger partial charge in [-0.05, 0) is 90.8 Å². The molecular weight excluding hydrogens is 512 g/mol. The minimum Gasteiger partial charge on any atom is -0.487 e. The molecule has 40 heavy (non-hydrogen) atoms. The average molecular weight is 551 g/mol. The highest BCUT2D eigenvalue weighted by Gasteiger charge is 2.27. The first-order chi connectivity index (χ1) is 18.7. The molecular formula is C31H38N2O7. The molecule has 0 N–H and O–H groups in total. The second-order valence-corrected chi connectivity index (χ2v) is 11.2. The second kappa shape index (κ2) is 12.7. The zero-order valence-electron chi connectivity index (χ0n) is 24.4. The van der Waals surface area contributed by atoms with Crippen LogP contribution >= 0.6 is 0 Å². The van der Waals surface area contributed by atoms with Gasteiger partial charge in [-0.3, -0.25) is 4.84 Å². The lowest BCUT2D eigenvalue weighted by Crippen LogP contribution is -2.39. The van der Waals surface area contributed by atoms with Gasteiger partial charge in [-0.25, -0.2) is 14.6 Å². The smallest absolute Gasteiger partial charge is 0.487 e. The number of allylic oxidation sites excluding steroid dienone is 1. The highest BCUT2D eigenvalue weighted by Crippen LogP contribution is 2.24. The van der Waals surface area contributed by atoms with E-state index in [1.54, 1.807) is 47.6 Å². The molecule has 2 aromatic carbocycles. The lowest BCUT2D eigenvalue weighted by molar-refractivity contribution is -0.130. The third-order valence-electron chi connectivity index (χ3n) is 5.31. The highest BCUT2D eigenvalue weighted by molar-refractivity contribution is 5.71. The van der Waals surface area contributed by atoms with E-state index in [1.165, 1.54) is 0 Å². The van der Waals surface area contributed by atoms with Gasteiger partial charge in [0.25, 0.3) is 0 Å². The molecule has 0 bridgehead atoms. The summed E-state index contributed by atoms with van der Waals surface area (Å²) in [6.07, 6.45) is -0.0582. The highest BCUT2D eigenvalue weighted by atomic mass is 16.8. The standard InChI is InChI=1S/C31H38N2O7/c1-21(17-18-33(28(34)38-30(3,4)5)40-29(35)39-31(6,7)8)24-15-12-16-25(19-24)36-20-26-22(2)37-27(32-26)23-13-10-9-11-14-23/h9-17,19H,18,20H2,1-8H3/b21-17-. The van der Waals surface area contributed by atoms with Crippen LogP contribution in [0.15, 0.2) is 65.1 Å². The van der Waals surface area contributed by atoms with Crippen molar-refractivity contribution in [1.82, 2.24) is 10.0 Å². The van der Waals surface area contributed by atoms with Crippen LogP contribution in [-0.4, -0.2) is 40.0 Å². The number of hydrogen-bond donors (Lipinski definition) is 0. The number of amides is 1. The molecule has 9 heteroatoms. The van der Waals surface area contributed by atoms with Crippen LogP contribution in [0.1, 0.15) is 65.5 Å². The van der Waals surface area contributed by atoms with Crippen molar-refractivity contribution in [3.05, 3.63) is 77.7 Å². The van der Waals surface area contributed by atoms with Crippen molar-refractivity contribution in [3.63, 3.8) is 0 Å². The molecule has 0 radical (unpaired) electrons. The number of ether oxygens (including phenoxy) is 3. The van der Waals surface area contributed by atoms with E-state index < -0.39 is 23.5 Å². The fraction of sp³-hybridized carbons (Fsp3) is 0.387. The SMILES string of the molecule is C/C(=C/CN(OC(=O)OC(C)(C)C)C(=O)OC(C)(C)C)c1cccc(OCc2nc(-c3ccccc3)oc2C)c1. The first kappa shape index (κ1) is 30.3. The Morgan fingerprint density at radius 2 is 1.62 bits per heavy atom. The minimum atomic E-state index is -1.00. The van der Waals surface area contributed by atoms with Crippen molar-refractivity contribution in [3.8, 4) is 17.2 Å². The molecule has 1 heterocycles.